The van der Waals surface area contributed by atoms with E-state index >= 15 is 0 Å². The van der Waals surface area contributed by atoms with Crippen LogP contribution in [0, 0.1) is 10.8 Å². The quantitative estimate of drug-likeness (QED) is 0.0430. The first-order chi connectivity index (χ1) is 30.6. The second-order valence-electron chi connectivity index (χ2n) is 14.7. The zero-order chi connectivity index (χ0) is 45.8. The van der Waals surface area contributed by atoms with Gasteiger partial charge in [-0.3, -0.25) is 44.1 Å². The first-order valence-corrected chi connectivity index (χ1v) is 23.8. The fourth-order valence-corrected chi connectivity index (χ4v) is 8.40. The highest BCUT2D eigenvalue weighted by atomic mass is 32.2. The number of benzene rings is 2. The predicted molar refractivity (Wildman–Crippen MR) is 240 cm³/mol. The molecule has 4 amide bonds. The maximum Gasteiger partial charge on any atom is 0.414 e. The Labute approximate surface area is 378 Å². The summed E-state index contributed by atoms with van der Waals surface area (Å²) < 4.78 is 42.5. The summed E-state index contributed by atoms with van der Waals surface area (Å²) in [6.45, 7) is 7.34. The summed E-state index contributed by atoms with van der Waals surface area (Å²) in [5.74, 6) is -0.915. The first-order valence-electron chi connectivity index (χ1n) is 20.1. The standard InChI is InChI=1S/C25H31N5O5S.C17H17N3O6S2/c1-2-34-22(31)7-9-28-10-12-29(13-11-28)15-21-16-30(25(33)35-21)20-5-3-18(4-6-20)23(26)27-24(32)19-8-14-36-17-19;1-28(23,24)25-9-14-8-20(17(22)26-14)13-4-2-11(3-5-13)15(18)19-16(21)12-6-7-27-10-12/h3-6,8,14,17,21H,2,7,9-13,15-16H2,1H3,(H2,26,27,32);2-7,10,14H,8-9H2,1H3,(H2,18,19,21). The summed E-state index contributed by atoms with van der Waals surface area (Å²) in [6.07, 6.45) is -0.608. The molecule has 3 saturated heterocycles. The lowest BCUT2D eigenvalue weighted by atomic mass is 10.1. The highest BCUT2D eigenvalue weighted by molar-refractivity contribution is 7.86. The maximum absolute atomic E-state index is 12.5. The average Bonchev–Trinajstić information content (AvgIpc) is 4.12. The van der Waals surface area contributed by atoms with Crippen LogP contribution in [0.4, 0.5) is 21.0 Å². The Bertz CT molecular complexity index is 2390. The van der Waals surface area contributed by atoms with Crippen molar-refractivity contribution in [2.75, 3.05) is 81.6 Å². The minimum absolute atomic E-state index is 0.000947. The summed E-state index contributed by atoms with van der Waals surface area (Å²) in [6, 6.07) is 16.7. The lowest BCUT2D eigenvalue weighted by Gasteiger charge is -2.35. The normalized spacial score (nSPS) is 17.8. The number of rotatable bonds is 15. The van der Waals surface area contributed by atoms with Crippen LogP contribution in [-0.2, 0) is 33.3 Å². The summed E-state index contributed by atoms with van der Waals surface area (Å²) >= 11 is 2.81. The molecule has 0 spiro atoms. The molecule has 3 fully saturated rings. The fraction of sp³-hybridized carbons (Fsp3) is 0.357. The van der Waals surface area contributed by atoms with E-state index in [9.17, 15) is 32.4 Å². The lowest BCUT2D eigenvalue weighted by molar-refractivity contribution is -0.143. The molecule has 2 unspecified atom stereocenters. The first kappa shape index (κ1) is 47.4. The van der Waals surface area contributed by atoms with Crippen LogP contribution in [0.3, 0.4) is 0 Å². The van der Waals surface area contributed by atoms with Crippen LogP contribution in [0.1, 0.15) is 45.2 Å². The van der Waals surface area contributed by atoms with Crippen LogP contribution >= 0.6 is 22.7 Å². The molecule has 19 nitrogen and oxygen atoms in total. The van der Waals surface area contributed by atoms with Crippen molar-refractivity contribution in [3.63, 3.8) is 0 Å². The Morgan fingerprint density at radius 1 is 0.719 bits per heavy atom. The third-order valence-corrected chi connectivity index (χ3v) is 12.0. The number of anilines is 2. The monoisotopic (exact) mass is 936 g/mol. The lowest BCUT2D eigenvalue weighted by Crippen LogP contribution is -2.49. The summed E-state index contributed by atoms with van der Waals surface area (Å²) in [5.41, 5.74) is 3.22. The van der Waals surface area contributed by atoms with Gasteiger partial charge in [0.1, 0.15) is 30.5 Å². The molecule has 2 atom stereocenters. The van der Waals surface area contributed by atoms with E-state index in [0.29, 0.717) is 66.3 Å². The Kier molecular flexibility index (Phi) is 16.3. The molecule has 340 valence electrons. The van der Waals surface area contributed by atoms with Gasteiger partial charge in [-0.2, -0.15) is 31.1 Å². The number of hydrogen-bond donors (Lipinski definition) is 4. The molecule has 0 saturated carbocycles. The van der Waals surface area contributed by atoms with E-state index in [2.05, 4.69) is 24.6 Å². The van der Waals surface area contributed by atoms with E-state index in [0.717, 1.165) is 32.4 Å². The van der Waals surface area contributed by atoms with E-state index in [1.54, 1.807) is 81.7 Å². The van der Waals surface area contributed by atoms with Gasteiger partial charge in [0, 0.05) is 72.5 Å². The number of ether oxygens (including phenoxy) is 3. The SMILES string of the molecule is CCOC(=O)CCN1CCN(CC2CN(c3ccc(C(=N)NC(=O)c4ccsc4)cc3)C(=O)O2)CC1.CS(=O)(=O)OCC1CN(c2ccc(C(=N)NC(=O)c3ccsc3)cc2)C(=O)O1. The molecule has 64 heavy (non-hydrogen) atoms. The Morgan fingerprint density at radius 2 is 1.19 bits per heavy atom. The molecule has 2 aromatic heterocycles. The van der Waals surface area contributed by atoms with Gasteiger partial charge >= 0.3 is 18.2 Å². The van der Waals surface area contributed by atoms with Crippen molar-refractivity contribution in [2.24, 2.45) is 0 Å². The second-order valence-corrected chi connectivity index (χ2v) is 17.9. The van der Waals surface area contributed by atoms with E-state index in [4.69, 9.17) is 25.0 Å². The van der Waals surface area contributed by atoms with Crippen LogP contribution in [-0.4, -0.2) is 144 Å². The van der Waals surface area contributed by atoms with Crippen molar-refractivity contribution in [3.8, 4) is 0 Å². The Morgan fingerprint density at radius 3 is 1.64 bits per heavy atom. The highest BCUT2D eigenvalue weighted by Crippen LogP contribution is 2.24. The van der Waals surface area contributed by atoms with E-state index in [-0.39, 0.29) is 54.8 Å². The number of amidine groups is 2. The number of nitrogens with one attached hydrogen (secondary N) is 4. The molecule has 2 aromatic carbocycles. The number of cyclic esters (lactones) is 2. The highest BCUT2D eigenvalue weighted by Gasteiger charge is 2.35. The number of amides is 4. The third-order valence-electron chi connectivity index (χ3n) is 10.1. The van der Waals surface area contributed by atoms with Gasteiger partial charge in [0.05, 0.1) is 43.5 Å². The summed E-state index contributed by atoms with van der Waals surface area (Å²) in [4.78, 5) is 67.7. The number of esters is 1. The van der Waals surface area contributed by atoms with E-state index < -0.39 is 22.3 Å². The average molecular weight is 937 g/mol. The van der Waals surface area contributed by atoms with Gasteiger partial charge in [0.15, 0.2) is 0 Å². The summed E-state index contributed by atoms with van der Waals surface area (Å²) in [5, 5.41) is 28.3. The molecule has 4 N–H and O–H groups in total. The maximum atomic E-state index is 12.5. The van der Waals surface area contributed by atoms with Crippen LogP contribution in [0.25, 0.3) is 0 Å². The molecule has 0 aliphatic carbocycles. The third kappa shape index (κ3) is 13.5. The Balaban J connectivity index is 0.000000219. The zero-order valence-corrected chi connectivity index (χ0v) is 37.5. The van der Waals surface area contributed by atoms with Gasteiger partial charge < -0.3 is 29.7 Å². The van der Waals surface area contributed by atoms with Crippen LogP contribution in [0.5, 0.6) is 0 Å². The van der Waals surface area contributed by atoms with Crippen molar-refractivity contribution in [1.29, 1.82) is 10.8 Å². The molecule has 4 aromatic rings. The molecule has 3 aliphatic rings. The van der Waals surface area contributed by atoms with Crippen molar-refractivity contribution in [2.45, 2.75) is 25.6 Å². The topological polar surface area (TPSA) is 241 Å². The zero-order valence-electron chi connectivity index (χ0n) is 35.0. The number of carbonyl (C=O) groups is 5. The molecule has 22 heteroatoms. The van der Waals surface area contributed by atoms with E-state index in [1.807, 2.05) is 12.3 Å². The smallest absolute Gasteiger partial charge is 0.414 e. The number of carbonyl (C=O) groups excluding carboxylic acids is 5. The number of nitrogens with zero attached hydrogens (tertiary/aromatic N) is 4. The van der Waals surface area contributed by atoms with Gasteiger partial charge in [0.2, 0.25) is 0 Å². The molecule has 5 heterocycles. The van der Waals surface area contributed by atoms with Crippen LogP contribution in [0.2, 0.25) is 0 Å². The summed E-state index contributed by atoms with van der Waals surface area (Å²) in [7, 11) is -3.62. The molecular weight excluding hydrogens is 889 g/mol. The van der Waals surface area contributed by atoms with Gasteiger partial charge in [-0.25, -0.2) is 9.59 Å². The molecule has 0 radical (unpaired) electrons. The van der Waals surface area contributed by atoms with Gasteiger partial charge in [-0.05, 0) is 78.3 Å². The second kappa shape index (κ2) is 22.0. The number of piperazine rings is 1. The predicted octanol–water partition coefficient (Wildman–Crippen LogP) is 4.20. The van der Waals surface area contributed by atoms with Gasteiger partial charge in [-0.15, -0.1) is 0 Å². The van der Waals surface area contributed by atoms with Crippen LogP contribution in [0.15, 0.2) is 82.2 Å². The largest absolute Gasteiger partial charge is 0.466 e. The van der Waals surface area contributed by atoms with Crippen molar-refractivity contribution < 1.29 is 50.8 Å². The minimum Gasteiger partial charge on any atom is -0.466 e. The Hall–Kier alpha value is -6.04. The van der Waals surface area contributed by atoms with Crippen molar-refractivity contribution in [1.82, 2.24) is 20.4 Å². The number of hydrogen-bond acceptors (Lipinski definition) is 17. The fourth-order valence-electron chi connectivity index (χ4n) is 6.73. The van der Waals surface area contributed by atoms with E-state index in [1.165, 1.54) is 27.6 Å². The minimum atomic E-state index is -3.62. The van der Waals surface area contributed by atoms with Gasteiger partial charge in [-0.1, -0.05) is 0 Å². The van der Waals surface area contributed by atoms with Crippen molar-refractivity contribution >= 4 is 85.8 Å². The molecule has 7 rings (SSSR count). The van der Waals surface area contributed by atoms with Crippen LogP contribution < -0.4 is 20.4 Å². The van der Waals surface area contributed by atoms with Gasteiger partial charge in [0.25, 0.3) is 21.9 Å². The molecule has 3 aliphatic heterocycles. The molecule has 0 bridgehead atoms. The van der Waals surface area contributed by atoms with Crippen molar-refractivity contribution in [3.05, 3.63) is 104 Å². The molecular formula is C42H48N8O11S3. The number of thiophene rings is 2.